The molecule has 5 heteroatoms. The lowest BCUT2D eigenvalue weighted by Crippen LogP contribution is -2.29. The largest absolute Gasteiger partial charge is 0.459 e. The minimum Gasteiger partial charge on any atom is -0.459 e. The molecule has 0 saturated heterocycles. The predicted octanol–water partition coefficient (Wildman–Crippen LogP) is 2.84. The molecular formula is C15H16FNO3. The van der Waals surface area contributed by atoms with E-state index in [4.69, 9.17) is 9.15 Å². The first-order valence-corrected chi connectivity index (χ1v) is 6.22. The van der Waals surface area contributed by atoms with Crippen LogP contribution in [0.2, 0.25) is 0 Å². The van der Waals surface area contributed by atoms with Crippen LogP contribution in [-0.4, -0.2) is 19.6 Å². The maximum atomic E-state index is 12.9. The predicted molar refractivity (Wildman–Crippen MR) is 71.9 cm³/mol. The minimum atomic E-state index is -0.338. The van der Waals surface area contributed by atoms with E-state index in [1.54, 1.807) is 32.2 Å². The molecule has 0 saturated carbocycles. The van der Waals surface area contributed by atoms with Crippen molar-refractivity contribution in [1.82, 2.24) is 5.32 Å². The summed E-state index contributed by atoms with van der Waals surface area (Å²) in [4.78, 5) is 11.9. The van der Waals surface area contributed by atoms with Crippen LogP contribution in [0.25, 0.3) is 0 Å². The van der Waals surface area contributed by atoms with Crippen molar-refractivity contribution in [3.63, 3.8) is 0 Å². The van der Waals surface area contributed by atoms with Crippen LogP contribution in [0.5, 0.6) is 0 Å². The summed E-state index contributed by atoms with van der Waals surface area (Å²) in [6, 6.07) is 7.71. The molecule has 106 valence electrons. The first-order valence-electron chi connectivity index (χ1n) is 6.22. The molecule has 1 aromatic carbocycles. The summed E-state index contributed by atoms with van der Waals surface area (Å²) in [5, 5.41) is 2.74. The van der Waals surface area contributed by atoms with Gasteiger partial charge in [0.1, 0.15) is 5.82 Å². The van der Waals surface area contributed by atoms with Gasteiger partial charge in [-0.1, -0.05) is 12.1 Å². The molecule has 20 heavy (non-hydrogen) atoms. The summed E-state index contributed by atoms with van der Waals surface area (Å²) >= 11 is 0. The SMILES string of the molecule is CO[C@@H](CNC(=O)c1occc1C)c1ccc(F)cc1. The Hall–Kier alpha value is -2.14. The maximum Gasteiger partial charge on any atom is 0.287 e. The smallest absolute Gasteiger partial charge is 0.287 e. The Bertz CT molecular complexity index is 577. The zero-order valence-electron chi connectivity index (χ0n) is 11.4. The number of hydrogen-bond donors (Lipinski definition) is 1. The number of hydrogen-bond acceptors (Lipinski definition) is 3. The zero-order chi connectivity index (χ0) is 14.5. The highest BCUT2D eigenvalue weighted by molar-refractivity contribution is 5.92. The van der Waals surface area contributed by atoms with Crippen LogP contribution in [0.4, 0.5) is 4.39 Å². The van der Waals surface area contributed by atoms with E-state index in [9.17, 15) is 9.18 Å². The lowest BCUT2D eigenvalue weighted by molar-refractivity contribution is 0.0806. The number of halogens is 1. The van der Waals surface area contributed by atoms with Crippen molar-refractivity contribution in [2.24, 2.45) is 0 Å². The number of aryl methyl sites for hydroxylation is 1. The molecule has 2 rings (SSSR count). The highest BCUT2D eigenvalue weighted by Crippen LogP contribution is 2.16. The second-order valence-corrected chi connectivity index (χ2v) is 4.42. The van der Waals surface area contributed by atoms with Crippen LogP contribution in [0.3, 0.4) is 0 Å². The van der Waals surface area contributed by atoms with Gasteiger partial charge in [0.2, 0.25) is 0 Å². The number of methoxy groups -OCH3 is 1. The van der Waals surface area contributed by atoms with E-state index in [-0.39, 0.29) is 24.4 Å². The lowest BCUT2D eigenvalue weighted by Gasteiger charge is -2.16. The first-order chi connectivity index (χ1) is 9.61. The van der Waals surface area contributed by atoms with Crippen LogP contribution >= 0.6 is 0 Å². The summed E-state index contributed by atoms with van der Waals surface area (Å²) in [6.45, 7) is 2.08. The van der Waals surface area contributed by atoms with Crippen molar-refractivity contribution in [3.05, 3.63) is 59.3 Å². The number of nitrogens with one attached hydrogen (secondary N) is 1. The molecule has 1 N–H and O–H groups in total. The van der Waals surface area contributed by atoms with Crippen molar-refractivity contribution < 1.29 is 18.3 Å². The fourth-order valence-corrected chi connectivity index (χ4v) is 1.89. The van der Waals surface area contributed by atoms with E-state index in [0.29, 0.717) is 5.76 Å². The molecule has 0 unspecified atom stereocenters. The number of benzene rings is 1. The highest BCUT2D eigenvalue weighted by atomic mass is 19.1. The third-order valence-corrected chi connectivity index (χ3v) is 3.04. The van der Waals surface area contributed by atoms with Gasteiger partial charge in [-0.05, 0) is 30.7 Å². The standard InChI is InChI=1S/C15H16FNO3/c1-10-7-8-20-14(10)15(18)17-9-13(19-2)11-3-5-12(16)6-4-11/h3-8,13H,9H2,1-2H3,(H,17,18)/t13-/m0/s1. The average Bonchev–Trinajstić information content (AvgIpc) is 2.87. The maximum absolute atomic E-state index is 12.9. The lowest BCUT2D eigenvalue weighted by atomic mass is 10.1. The Morgan fingerprint density at radius 3 is 2.60 bits per heavy atom. The molecule has 1 heterocycles. The van der Waals surface area contributed by atoms with Crippen LogP contribution < -0.4 is 5.32 Å². The van der Waals surface area contributed by atoms with E-state index in [1.165, 1.54) is 18.4 Å². The van der Waals surface area contributed by atoms with Gasteiger partial charge in [0.05, 0.1) is 12.4 Å². The van der Waals surface area contributed by atoms with Gasteiger partial charge in [-0.15, -0.1) is 0 Å². The number of ether oxygens (including phenoxy) is 1. The van der Waals surface area contributed by atoms with E-state index in [0.717, 1.165) is 11.1 Å². The molecule has 0 fully saturated rings. The molecule has 1 atom stereocenters. The van der Waals surface area contributed by atoms with Crippen LogP contribution in [0.1, 0.15) is 27.8 Å². The fraction of sp³-hybridized carbons (Fsp3) is 0.267. The third kappa shape index (κ3) is 3.24. The Morgan fingerprint density at radius 1 is 1.35 bits per heavy atom. The van der Waals surface area contributed by atoms with Gasteiger partial charge in [-0.3, -0.25) is 4.79 Å². The molecule has 1 aromatic heterocycles. The second kappa shape index (κ2) is 6.34. The van der Waals surface area contributed by atoms with Gasteiger partial charge in [0.15, 0.2) is 5.76 Å². The van der Waals surface area contributed by atoms with Gasteiger partial charge in [-0.2, -0.15) is 0 Å². The van der Waals surface area contributed by atoms with E-state index >= 15 is 0 Å². The Morgan fingerprint density at radius 2 is 2.05 bits per heavy atom. The molecule has 0 radical (unpaired) electrons. The molecule has 1 amide bonds. The van der Waals surface area contributed by atoms with Crippen molar-refractivity contribution in [3.8, 4) is 0 Å². The van der Waals surface area contributed by atoms with Crippen molar-refractivity contribution >= 4 is 5.91 Å². The molecule has 0 bridgehead atoms. The van der Waals surface area contributed by atoms with Crippen LogP contribution in [-0.2, 0) is 4.74 Å². The van der Waals surface area contributed by atoms with Gasteiger partial charge in [-0.25, -0.2) is 4.39 Å². The number of carbonyl (C=O) groups excluding carboxylic acids is 1. The molecule has 0 aliphatic heterocycles. The van der Waals surface area contributed by atoms with Gasteiger partial charge in [0, 0.05) is 19.2 Å². The van der Waals surface area contributed by atoms with Crippen molar-refractivity contribution in [2.75, 3.05) is 13.7 Å². The van der Waals surface area contributed by atoms with E-state index < -0.39 is 0 Å². The van der Waals surface area contributed by atoms with Crippen molar-refractivity contribution in [2.45, 2.75) is 13.0 Å². The molecule has 4 nitrogen and oxygen atoms in total. The second-order valence-electron chi connectivity index (χ2n) is 4.42. The Kier molecular flexibility index (Phi) is 4.53. The van der Waals surface area contributed by atoms with Gasteiger partial charge in [0.25, 0.3) is 5.91 Å². The third-order valence-electron chi connectivity index (χ3n) is 3.04. The number of amides is 1. The number of carbonyl (C=O) groups is 1. The summed E-state index contributed by atoms with van der Waals surface area (Å²) < 4.78 is 23.3. The fourth-order valence-electron chi connectivity index (χ4n) is 1.89. The minimum absolute atomic E-state index is 0.279. The molecule has 2 aromatic rings. The van der Waals surface area contributed by atoms with Gasteiger partial charge < -0.3 is 14.5 Å². The number of furan rings is 1. The van der Waals surface area contributed by atoms with E-state index in [2.05, 4.69) is 5.32 Å². The van der Waals surface area contributed by atoms with Crippen LogP contribution in [0.15, 0.2) is 41.0 Å². The van der Waals surface area contributed by atoms with E-state index in [1.807, 2.05) is 0 Å². The average molecular weight is 277 g/mol. The first kappa shape index (κ1) is 14.3. The highest BCUT2D eigenvalue weighted by Gasteiger charge is 2.16. The zero-order valence-corrected chi connectivity index (χ0v) is 11.4. The summed E-state index contributed by atoms with van der Waals surface area (Å²) in [7, 11) is 1.54. The summed E-state index contributed by atoms with van der Waals surface area (Å²) in [5.74, 6) is -0.311. The molecule has 0 aliphatic carbocycles. The molecule has 0 aliphatic rings. The topological polar surface area (TPSA) is 51.5 Å². The summed E-state index contributed by atoms with van der Waals surface area (Å²) in [6.07, 6.45) is 1.13. The normalized spacial score (nSPS) is 12.2. The molecule has 0 spiro atoms. The van der Waals surface area contributed by atoms with Gasteiger partial charge >= 0.3 is 0 Å². The van der Waals surface area contributed by atoms with Crippen LogP contribution in [0, 0.1) is 12.7 Å². The van der Waals surface area contributed by atoms with Crippen molar-refractivity contribution in [1.29, 1.82) is 0 Å². The monoisotopic (exact) mass is 277 g/mol. The molecular weight excluding hydrogens is 261 g/mol. The summed E-state index contributed by atoms with van der Waals surface area (Å²) in [5.41, 5.74) is 1.57. The Labute approximate surface area is 116 Å². The Balaban J connectivity index is 1.99. The quantitative estimate of drug-likeness (QED) is 0.914. The number of rotatable bonds is 5.